The van der Waals surface area contributed by atoms with Gasteiger partial charge in [-0.1, -0.05) is 25.2 Å². The predicted molar refractivity (Wildman–Crippen MR) is 80.4 cm³/mol. The third-order valence-corrected chi connectivity index (χ3v) is 2.94. The van der Waals surface area contributed by atoms with Crippen LogP contribution < -0.4 is 15.2 Å². The molecule has 1 aromatic heterocycles. The molecule has 0 aliphatic carbocycles. The maximum atomic E-state index is 5.65. The lowest BCUT2D eigenvalue weighted by atomic mass is 10.1. The second kappa shape index (κ2) is 6.29. The first-order chi connectivity index (χ1) is 9.63. The van der Waals surface area contributed by atoms with Crippen LogP contribution in [0.15, 0.2) is 30.6 Å². The molecule has 20 heavy (non-hydrogen) atoms. The molecule has 1 aromatic carbocycles. The molecule has 0 aliphatic heterocycles. The summed E-state index contributed by atoms with van der Waals surface area (Å²) >= 11 is 4.82. The third-order valence-electron chi connectivity index (χ3n) is 2.73. The monoisotopic (exact) mass is 289 g/mol. The molecule has 0 radical (unpaired) electrons. The van der Waals surface area contributed by atoms with Crippen LogP contribution in [0.3, 0.4) is 0 Å². The molecule has 0 fully saturated rings. The highest BCUT2D eigenvalue weighted by atomic mass is 32.1. The van der Waals surface area contributed by atoms with Crippen LogP contribution in [0.4, 0.5) is 0 Å². The summed E-state index contributed by atoms with van der Waals surface area (Å²) in [5, 5.41) is 0. The predicted octanol–water partition coefficient (Wildman–Crippen LogP) is 2.47. The molecule has 6 heteroatoms. The first kappa shape index (κ1) is 14.2. The molecule has 5 nitrogen and oxygen atoms in total. The van der Waals surface area contributed by atoms with E-state index in [0.717, 1.165) is 6.42 Å². The van der Waals surface area contributed by atoms with E-state index in [2.05, 4.69) is 16.9 Å². The van der Waals surface area contributed by atoms with Crippen molar-refractivity contribution in [1.82, 2.24) is 9.97 Å². The highest BCUT2D eigenvalue weighted by Gasteiger charge is 2.08. The molecule has 2 N–H and O–H groups in total. The van der Waals surface area contributed by atoms with Gasteiger partial charge in [0.1, 0.15) is 10.7 Å². The van der Waals surface area contributed by atoms with Gasteiger partial charge in [0.25, 0.3) is 0 Å². The van der Waals surface area contributed by atoms with Gasteiger partial charge in [0.2, 0.25) is 5.88 Å². The summed E-state index contributed by atoms with van der Waals surface area (Å²) in [6.07, 6.45) is 3.88. The van der Waals surface area contributed by atoms with E-state index < -0.39 is 0 Å². The van der Waals surface area contributed by atoms with Crippen molar-refractivity contribution in [2.75, 3.05) is 7.11 Å². The molecule has 0 aliphatic rings. The molecule has 0 unspecified atom stereocenters. The molecule has 0 spiro atoms. The molecular weight excluding hydrogens is 274 g/mol. The Morgan fingerprint density at radius 3 is 2.60 bits per heavy atom. The lowest BCUT2D eigenvalue weighted by Gasteiger charge is -2.10. The second-order valence-corrected chi connectivity index (χ2v) is 4.48. The normalized spacial score (nSPS) is 10.1. The Hall–Kier alpha value is -2.21. The number of hydrogen-bond donors (Lipinski definition) is 1. The van der Waals surface area contributed by atoms with Crippen molar-refractivity contribution in [3.8, 4) is 17.4 Å². The average molecular weight is 289 g/mol. The molecular formula is C14H15N3O2S. The van der Waals surface area contributed by atoms with Gasteiger partial charge >= 0.3 is 0 Å². The summed E-state index contributed by atoms with van der Waals surface area (Å²) < 4.78 is 11.0. The summed E-state index contributed by atoms with van der Waals surface area (Å²) in [5.41, 5.74) is 7.09. The van der Waals surface area contributed by atoms with Crippen molar-refractivity contribution in [2.24, 2.45) is 5.73 Å². The molecule has 0 amide bonds. The van der Waals surface area contributed by atoms with Gasteiger partial charge in [0, 0.05) is 0 Å². The molecule has 2 rings (SSSR count). The Bertz CT molecular complexity index is 614. The lowest BCUT2D eigenvalue weighted by Crippen LogP contribution is -2.11. The van der Waals surface area contributed by atoms with Crippen molar-refractivity contribution in [3.63, 3.8) is 0 Å². The first-order valence-corrected chi connectivity index (χ1v) is 6.51. The number of hydrogen-bond acceptors (Lipinski definition) is 5. The Morgan fingerprint density at radius 2 is 2.05 bits per heavy atom. The van der Waals surface area contributed by atoms with Gasteiger partial charge < -0.3 is 15.2 Å². The fourth-order valence-corrected chi connectivity index (χ4v) is 1.73. The van der Waals surface area contributed by atoms with Crippen molar-refractivity contribution < 1.29 is 9.47 Å². The molecule has 1 heterocycles. The molecule has 0 bridgehead atoms. The zero-order chi connectivity index (χ0) is 14.5. The van der Waals surface area contributed by atoms with Crippen LogP contribution in [0.5, 0.6) is 17.4 Å². The SMILES string of the molecule is CCc1ccc(Oc2cnc(C(N)=S)cn2)c(OC)c1. The topological polar surface area (TPSA) is 70.3 Å². The fraction of sp³-hybridized carbons (Fsp3) is 0.214. The summed E-state index contributed by atoms with van der Waals surface area (Å²) in [6.45, 7) is 2.08. The number of ether oxygens (including phenoxy) is 2. The van der Waals surface area contributed by atoms with Gasteiger partial charge in [0.05, 0.1) is 19.5 Å². The third kappa shape index (κ3) is 3.21. The first-order valence-electron chi connectivity index (χ1n) is 6.10. The van der Waals surface area contributed by atoms with Crippen LogP contribution in [0.1, 0.15) is 18.2 Å². The van der Waals surface area contributed by atoms with E-state index >= 15 is 0 Å². The van der Waals surface area contributed by atoms with Crippen LogP contribution in [0.25, 0.3) is 0 Å². The highest BCUT2D eigenvalue weighted by molar-refractivity contribution is 7.80. The van der Waals surface area contributed by atoms with Crippen LogP contribution >= 0.6 is 12.2 Å². The second-order valence-electron chi connectivity index (χ2n) is 4.04. The van der Waals surface area contributed by atoms with Gasteiger partial charge in [-0.2, -0.15) is 0 Å². The fourth-order valence-electron chi connectivity index (χ4n) is 1.63. The van der Waals surface area contributed by atoms with Gasteiger partial charge in [0.15, 0.2) is 11.5 Å². The average Bonchev–Trinajstić information content (AvgIpc) is 2.48. The van der Waals surface area contributed by atoms with E-state index in [9.17, 15) is 0 Å². The highest BCUT2D eigenvalue weighted by Crippen LogP contribution is 2.31. The summed E-state index contributed by atoms with van der Waals surface area (Å²) in [7, 11) is 1.60. The van der Waals surface area contributed by atoms with E-state index in [1.807, 2.05) is 18.2 Å². The Balaban J connectivity index is 2.23. The van der Waals surface area contributed by atoms with Crippen LogP contribution in [0.2, 0.25) is 0 Å². The zero-order valence-electron chi connectivity index (χ0n) is 11.3. The maximum Gasteiger partial charge on any atom is 0.238 e. The van der Waals surface area contributed by atoms with Crippen LogP contribution in [0, 0.1) is 0 Å². The summed E-state index contributed by atoms with van der Waals surface area (Å²) in [6, 6.07) is 5.77. The van der Waals surface area contributed by atoms with Crippen molar-refractivity contribution >= 4 is 17.2 Å². The van der Waals surface area contributed by atoms with Crippen molar-refractivity contribution in [2.45, 2.75) is 13.3 Å². The smallest absolute Gasteiger partial charge is 0.238 e. The van der Waals surface area contributed by atoms with E-state index in [1.54, 1.807) is 7.11 Å². The Kier molecular flexibility index (Phi) is 4.47. The number of nitrogens with two attached hydrogens (primary N) is 1. The maximum absolute atomic E-state index is 5.65. The number of methoxy groups -OCH3 is 1. The van der Waals surface area contributed by atoms with Gasteiger partial charge in [-0.05, 0) is 24.1 Å². The molecule has 2 aromatic rings. The van der Waals surface area contributed by atoms with E-state index in [0.29, 0.717) is 23.1 Å². The lowest BCUT2D eigenvalue weighted by molar-refractivity contribution is 0.373. The van der Waals surface area contributed by atoms with E-state index in [4.69, 9.17) is 27.4 Å². The summed E-state index contributed by atoms with van der Waals surface area (Å²) in [5.74, 6) is 1.60. The largest absolute Gasteiger partial charge is 0.493 e. The van der Waals surface area contributed by atoms with Crippen LogP contribution in [-0.4, -0.2) is 22.1 Å². The number of aromatic nitrogens is 2. The molecule has 0 atom stereocenters. The number of rotatable bonds is 5. The van der Waals surface area contributed by atoms with E-state index in [1.165, 1.54) is 18.0 Å². The van der Waals surface area contributed by atoms with Crippen molar-refractivity contribution in [3.05, 3.63) is 41.9 Å². The minimum atomic E-state index is 0.203. The molecule has 0 saturated carbocycles. The van der Waals surface area contributed by atoms with Gasteiger partial charge in [-0.15, -0.1) is 0 Å². The molecule has 0 saturated heterocycles. The number of nitrogens with zero attached hydrogens (tertiary/aromatic N) is 2. The standard InChI is InChI=1S/C14H15N3O2S/c1-3-9-4-5-11(12(6-9)18-2)19-13-8-16-10(7-17-13)14(15)20/h4-8H,3H2,1-2H3,(H2,15,20). The quantitative estimate of drug-likeness (QED) is 0.853. The zero-order valence-corrected chi connectivity index (χ0v) is 12.1. The minimum Gasteiger partial charge on any atom is -0.493 e. The van der Waals surface area contributed by atoms with Gasteiger partial charge in [-0.25, -0.2) is 9.97 Å². The molecule has 104 valence electrons. The number of aryl methyl sites for hydroxylation is 1. The number of benzene rings is 1. The van der Waals surface area contributed by atoms with E-state index in [-0.39, 0.29) is 4.99 Å². The van der Waals surface area contributed by atoms with Crippen molar-refractivity contribution in [1.29, 1.82) is 0 Å². The number of thiocarbonyl (C=S) groups is 1. The summed E-state index contributed by atoms with van der Waals surface area (Å²) in [4.78, 5) is 8.38. The van der Waals surface area contributed by atoms with Gasteiger partial charge in [-0.3, -0.25) is 0 Å². The Labute approximate surface area is 122 Å². The van der Waals surface area contributed by atoms with Crippen LogP contribution in [-0.2, 0) is 6.42 Å². The Morgan fingerprint density at radius 1 is 1.25 bits per heavy atom. The minimum absolute atomic E-state index is 0.203.